The number of carbonyl (C=O) groups excluding carboxylic acids is 1. The number of benzene rings is 1. The lowest BCUT2D eigenvalue weighted by Crippen LogP contribution is -2.12. The van der Waals surface area contributed by atoms with Crippen LogP contribution in [-0.2, 0) is 11.2 Å². The van der Waals surface area contributed by atoms with E-state index in [9.17, 15) is 13.6 Å². The topological polar surface area (TPSA) is 17.1 Å². The molecular weight excluding hydrogens is 233 g/mol. The van der Waals surface area contributed by atoms with E-state index in [1.165, 1.54) is 18.2 Å². The molecule has 0 bridgehead atoms. The zero-order valence-corrected chi connectivity index (χ0v) is 8.45. The summed E-state index contributed by atoms with van der Waals surface area (Å²) in [6.45, 7) is 0. The van der Waals surface area contributed by atoms with Gasteiger partial charge in [0.05, 0.1) is 0 Å². The molecule has 0 saturated heterocycles. The van der Waals surface area contributed by atoms with Crippen molar-refractivity contribution in [2.75, 3.05) is 0 Å². The van der Waals surface area contributed by atoms with Gasteiger partial charge in [0.1, 0.15) is 0 Å². The van der Waals surface area contributed by atoms with E-state index in [2.05, 4.69) is 0 Å². The number of hydrogen-bond donors (Lipinski definition) is 0. The first-order valence-corrected chi connectivity index (χ1v) is 4.51. The Morgan fingerprint density at radius 2 is 2.00 bits per heavy atom. The van der Waals surface area contributed by atoms with Crippen LogP contribution in [0.3, 0.4) is 0 Å². The minimum atomic E-state index is -2.96. The molecule has 0 N–H and O–H groups in total. The molecule has 0 atom stereocenters. The first-order valence-electron chi connectivity index (χ1n) is 3.75. The minimum absolute atomic E-state index is 0.228. The van der Waals surface area contributed by atoms with Gasteiger partial charge < -0.3 is 0 Å². The van der Waals surface area contributed by atoms with Gasteiger partial charge in [-0.25, -0.2) is 8.78 Å². The fourth-order valence-corrected chi connectivity index (χ4v) is 1.41. The summed E-state index contributed by atoms with van der Waals surface area (Å²) in [4.78, 5) is 10.7. The average Bonchev–Trinajstić information content (AvgIpc) is 2.09. The normalized spacial score (nSPS) is 10.6. The molecule has 0 aliphatic carbocycles. The Hall–Kier alpha value is -0.670. The van der Waals surface area contributed by atoms with Crippen molar-refractivity contribution in [3.63, 3.8) is 0 Å². The maximum atomic E-state index is 11.9. The lowest BCUT2D eigenvalue weighted by molar-refractivity contribution is -0.128. The Bertz CT molecular complexity index is 353. The van der Waals surface area contributed by atoms with Gasteiger partial charge in [-0.2, -0.15) is 0 Å². The molecule has 0 radical (unpaired) electrons. The predicted molar refractivity (Wildman–Crippen MR) is 51.2 cm³/mol. The van der Waals surface area contributed by atoms with E-state index in [4.69, 9.17) is 23.2 Å². The summed E-state index contributed by atoms with van der Waals surface area (Å²) in [5.41, 5.74) is 0.362. The largest absolute Gasteiger partial charge is 0.296 e. The smallest absolute Gasteiger partial charge is 0.293 e. The van der Waals surface area contributed by atoms with E-state index >= 15 is 0 Å². The molecule has 0 fully saturated rings. The second-order valence-corrected chi connectivity index (χ2v) is 3.52. The van der Waals surface area contributed by atoms with Gasteiger partial charge in [-0.05, 0) is 17.7 Å². The van der Waals surface area contributed by atoms with Crippen LogP contribution >= 0.6 is 23.2 Å². The number of carbonyl (C=O) groups is 1. The fraction of sp³-hybridized carbons (Fsp3) is 0.222. The van der Waals surface area contributed by atoms with Crippen LogP contribution in [0.1, 0.15) is 5.56 Å². The first-order chi connectivity index (χ1) is 6.50. The Morgan fingerprint density at radius 1 is 1.36 bits per heavy atom. The number of ketones is 1. The number of rotatable bonds is 3. The van der Waals surface area contributed by atoms with E-state index in [-0.39, 0.29) is 11.4 Å². The highest BCUT2D eigenvalue weighted by molar-refractivity contribution is 6.35. The molecular formula is C9H6Cl2F2O. The van der Waals surface area contributed by atoms with Gasteiger partial charge in [0.25, 0.3) is 6.43 Å². The Morgan fingerprint density at radius 3 is 2.50 bits per heavy atom. The van der Waals surface area contributed by atoms with Crippen LogP contribution in [0.25, 0.3) is 0 Å². The Balaban J connectivity index is 2.82. The molecule has 1 rings (SSSR count). The molecule has 0 aliphatic rings. The van der Waals surface area contributed by atoms with Crippen LogP contribution in [0, 0.1) is 0 Å². The fourth-order valence-electron chi connectivity index (χ4n) is 0.930. The van der Waals surface area contributed by atoms with Gasteiger partial charge in [0.15, 0.2) is 0 Å². The molecule has 5 heteroatoms. The van der Waals surface area contributed by atoms with Crippen molar-refractivity contribution in [3.8, 4) is 0 Å². The highest BCUT2D eigenvalue weighted by atomic mass is 35.5. The molecule has 1 nitrogen and oxygen atoms in total. The number of Topliss-reactive ketones (excluding diaryl/α,β-unsaturated/α-hetero) is 1. The molecule has 14 heavy (non-hydrogen) atoms. The third kappa shape index (κ3) is 2.93. The van der Waals surface area contributed by atoms with Crippen molar-refractivity contribution in [1.82, 2.24) is 0 Å². The van der Waals surface area contributed by atoms with Crippen LogP contribution < -0.4 is 0 Å². The summed E-state index contributed by atoms with van der Waals surface area (Å²) in [7, 11) is 0. The molecule has 1 aromatic carbocycles. The predicted octanol–water partition coefficient (Wildman–Crippen LogP) is 3.37. The first kappa shape index (κ1) is 11.4. The lowest BCUT2D eigenvalue weighted by atomic mass is 10.1. The van der Waals surface area contributed by atoms with Gasteiger partial charge in [0, 0.05) is 16.5 Å². The summed E-state index contributed by atoms with van der Waals surface area (Å²) in [5.74, 6) is -1.14. The molecule has 0 spiro atoms. The maximum Gasteiger partial charge on any atom is 0.296 e. The summed E-state index contributed by atoms with van der Waals surface area (Å²) in [6, 6.07) is 4.38. The maximum absolute atomic E-state index is 11.9. The van der Waals surface area contributed by atoms with Crippen molar-refractivity contribution in [2.45, 2.75) is 12.8 Å². The summed E-state index contributed by atoms with van der Waals surface area (Å²) in [6.07, 6.45) is -3.32. The standard InChI is InChI=1S/C9H6Cl2F2O/c10-6-2-1-5(7(11)4-6)3-8(14)9(12)13/h1-2,4,9H,3H2. The van der Waals surface area contributed by atoms with E-state index < -0.39 is 12.2 Å². The summed E-state index contributed by atoms with van der Waals surface area (Å²) < 4.78 is 23.8. The van der Waals surface area contributed by atoms with Crippen LogP contribution in [0.2, 0.25) is 10.0 Å². The monoisotopic (exact) mass is 238 g/mol. The summed E-state index contributed by atoms with van der Waals surface area (Å²) in [5, 5.41) is 0.634. The van der Waals surface area contributed by atoms with Gasteiger partial charge >= 0.3 is 0 Å². The number of halogens is 4. The SMILES string of the molecule is O=C(Cc1ccc(Cl)cc1Cl)C(F)F. The quantitative estimate of drug-likeness (QED) is 0.790. The van der Waals surface area contributed by atoms with Crippen LogP contribution in [0.4, 0.5) is 8.78 Å². The molecule has 0 aliphatic heterocycles. The van der Waals surface area contributed by atoms with Crippen LogP contribution in [0.15, 0.2) is 18.2 Å². The molecule has 76 valence electrons. The van der Waals surface area contributed by atoms with E-state index in [0.717, 1.165) is 0 Å². The molecule has 0 saturated carbocycles. The molecule has 0 aromatic heterocycles. The van der Waals surface area contributed by atoms with Gasteiger partial charge in [-0.15, -0.1) is 0 Å². The molecule has 0 amide bonds. The van der Waals surface area contributed by atoms with Crippen LogP contribution in [-0.4, -0.2) is 12.2 Å². The zero-order valence-electron chi connectivity index (χ0n) is 6.94. The zero-order chi connectivity index (χ0) is 10.7. The highest BCUT2D eigenvalue weighted by Gasteiger charge is 2.16. The van der Waals surface area contributed by atoms with Crippen molar-refractivity contribution in [1.29, 1.82) is 0 Å². The molecule has 0 heterocycles. The Kier molecular flexibility index (Phi) is 3.84. The highest BCUT2D eigenvalue weighted by Crippen LogP contribution is 2.22. The van der Waals surface area contributed by atoms with E-state index in [0.29, 0.717) is 10.6 Å². The van der Waals surface area contributed by atoms with Gasteiger partial charge in [0.2, 0.25) is 5.78 Å². The molecule has 0 unspecified atom stereocenters. The van der Waals surface area contributed by atoms with Crippen molar-refractivity contribution >= 4 is 29.0 Å². The minimum Gasteiger partial charge on any atom is -0.293 e. The van der Waals surface area contributed by atoms with E-state index in [1.54, 1.807) is 0 Å². The van der Waals surface area contributed by atoms with Gasteiger partial charge in [-0.1, -0.05) is 29.3 Å². The number of hydrogen-bond acceptors (Lipinski definition) is 1. The van der Waals surface area contributed by atoms with Crippen molar-refractivity contribution in [2.24, 2.45) is 0 Å². The van der Waals surface area contributed by atoms with E-state index in [1.807, 2.05) is 0 Å². The second-order valence-electron chi connectivity index (χ2n) is 2.68. The van der Waals surface area contributed by atoms with Crippen molar-refractivity contribution in [3.05, 3.63) is 33.8 Å². The third-order valence-corrected chi connectivity index (χ3v) is 2.21. The lowest BCUT2D eigenvalue weighted by Gasteiger charge is -2.03. The van der Waals surface area contributed by atoms with Crippen molar-refractivity contribution < 1.29 is 13.6 Å². The molecule has 1 aromatic rings. The van der Waals surface area contributed by atoms with Crippen LogP contribution in [0.5, 0.6) is 0 Å². The summed E-state index contributed by atoms with van der Waals surface area (Å²) >= 11 is 11.3. The van der Waals surface area contributed by atoms with Gasteiger partial charge in [-0.3, -0.25) is 4.79 Å². The number of alkyl halides is 2. The average molecular weight is 239 g/mol. The second kappa shape index (κ2) is 4.71. The third-order valence-electron chi connectivity index (χ3n) is 1.62. The Labute approximate surface area is 89.6 Å².